The zero-order valence-electron chi connectivity index (χ0n) is 15.0. The summed E-state index contributed by atoms with van der Waals surface area (Å²) in [5, 5.41) is 6.19. The first kappa shape index (κ1) is 17.0. The lowest BCUT2D eigenvalue weighted by atomic mass is 10.2. The molecule has 1 aliphatic rings. The Morgan fingerprint density at radius 3 is 2.56 bits per heavy atom. The number of anilines is 2. The summed E-state index contributed by atoms with van der Waals surface area (Å²) in [6.07, 6.45) is 2.27. The number of benzene rings is 2. The third kappa shape index (κ3) is 4.41. The van der Waals surface area contributed by atoms with Gasteiger partial charge in [0.15, 0.2) is 5.75 Å². The molecule has 27 heavy (non-hydrogen) atoms. The molecule has 1 aliphatic carbocycles. The molecule has 1 fully saturated rings. The number of nitrogens with zero attached hydrogens (tertiary/aromatic N) is 2. The normalized spacial score (nSPS) is 13.1. The quantitative estimate of drug-likeness (QED) is 0.681. The summed E-state index contributed by atoms with van der Waals surface area (Å²) in [6, 6.07) is 18.9. The van der Waals surface area contributed by atoms with Gasteiger partial charge in [-0.25, -0.2) is 9.97 Å². The van der Waals surface area contributed by atoms with Crippen molar-refractivity contribution in [1.29, 1.82) is 0 Å². The second-order valence-electron chi connectivity index (χ2n) is 6.47. The summed E-state index contributed by atoms with van der Waals surface area (Å²) in [4.78, 5) is 21.4. The van der Waals surface area contributed by atoms with Crippen molar-refractivity contribution in [2.45, 2.75) is 25.8 Å². The van der Waals surface area contributed by atoms with Crippen molar-refractivity contribution in [1.82, 2.24) is 9.97 Å². The summed E-state index contributed by atoms with van der Waals surface area (Å²) in [7, 11) is 0. The third-order valence-electron chi connectivity index (χ3n) is 4.11. The van der Waals surface area contributed by atoms with E-state index in [-0.39, 0.29) is 5.91 Å². The number of aryl methyl sites for hydroxylation is 1. The van der Waals surface area contributed by atoms with Crippen LogP contribution in [0.15, 0.2) is 60.7 Å². The highest BCUT2D eigenvalue weighted by atomic mass is 16.5. The number of amides is 1. The number of hydrogen-bond donors (Lipinski definition) is 2. The fourth-order valence-corrected chi connectivity index (χ4v) is 2.66. The summed E-state index contributed by atoms with van der Waals surface area (Å²) >= 11 is 0. The number of para-hydroxylation sites is 3. The Balaban J connectivity index is 1.54. The molecule has 136 valence electrons. The van der Waals surface area contributed by atoms with Crippen LogP contribution in [0.1, 0.15) is 29.2 Å². The average molecular weight is 360 g/mol. The molecule has 0 radical (unpaired) electrons. The van der Waals surface area contributed by atoms with E-state index in [9.17, 15) is 4.79 Å². The summed E-state index contributed by atoms with van der Waals surface area (Å²) < 4.78 is 5.89. The molecule has 0 aliphatic heterocycles. The fourth-order valence-electron chi connectivity index (χ4n) is 2.66. The summed E-state index contributed by atoms with van der Waals surface area (Å²) in [6.45, 7) is 1.78. The van der Waals surface area contributed by atoms with E-state index in [0.717, 1.165) is 12.8 Å². The smallest absolute Gasteiger partial charge is 0.274 e. The molecular formula is C21H20N4O2. The van der Waals surface area contributed by atoms with E-state index in [4.69, 9.17) is 4.74 Å². The maximum atomic E-state index is 12.7. The highest BCUT2D eigenvalue weighted by molar-refractivity contribution is 6.04. The highest BCUT2D eigenvalue weighted by Gasteiger charge is 2.22. The monoisotopic (exact) mass is 360 g/mol. The maximum Gasteiger partial charge on any atom is 0.274 e. The van der Waals surface area contributed by atoms with E-state index < -0.39 is 0 Å². The van der Waals surface area contributed by atoms with Crippen LogP contribution in [0.5, 0.6) is 11.5 Å². The lowest BCUT2D eigenvalue weighted by Gasteiger charge is -2.12. The molecule has 1 saturated carbocycles. The van der Waals surface area contributed by atoms with Gasteiger partial charge in [0.2, 0.25) is 0 Å². The number of aromatic nitrogens is 2. The molecule has 0 spiro atoms. The topological polar surface area (TPSA) is 76.1 Å². The van der Waals surface area contributed by atoms with Crippen LogP contribution in [0.4, 0.5) is 11.5 Å². The predicted octanol–water partition coefficient (Wildman–Crippen LogP) is 4.40. The number of hydrogen-bond acceptors (Lipinski definition) is 5. The number of rotatable bonds is 6. The number of nitrogens with one attached hydrogen (secondary N) is 2. The van der Waals surface area contributed by atoms with Crippen molar-refractivity contribution in [3.8, 4) is 11.5 Å². The molecule has 6 nitrogen and oxygen atoms in total. The first-order chi connectivity index (χ1) is 13.2. The lowest BCUT2D eigenvalue weighted by Crippen LogP contribution is -2.16. The van der Waals surface area contributed by atoms with E-state index in [2.05, 4.69) is 20.6 Å². The lowest BCUT2D eigenvalue weighted by molar-refractivity contribution is 0.102. The molecule has 0 unspecified atom stereocenters. The van der Waals surface area contributed by atoms with Crippen molar-refractivity contribution in [3.63, 3.8) is 0 Å². The average Bonchev–Trinajstić information content (AvgIpc) is 3.47. The van der Waals surface area contributed by atoms with E-state index >= 15 is 0 Å². The minimum atomic E-state index is -0.302. The van der Waals surface area contributed by atoms with E-state index in [1.165, 1.54) is 0 Å². The highest BCUT2D eigenvalue weighted by Crippen LogP contribution is 2.29. The van der Waals surface area contributed by atoms with E-state index in [1.54, 1.807) is 19.1 Å². The van der Waals surface area contributed by atoms with Crippen molar-refractivity contribution in [3.05, 3.63) is 72.2 Å². The Kier molecular flexibility index (Phi) is 4.70. The van der Waals surface area contributed by atoms with E-state index in [0.29, 0.717) is 40.6 Å². The van der Waals surface area contributed by atoms with Crippen LogP contribution in [0.3, 0.4) is 0 Å². The molecule has 2 aromatic carbocycles. The zero-order valence-corrected chi connectivity index (χ0v) is 15.0. The molecule has 6 heteroatoms. The molecule has 1 heterocycles. The molecule has 1 aromatic heterocycles. The molecule has 0 bridgehead atoms. The van der Waals surface area contributed by atoms with Crippen LogP contribution < -0.4 is 15.4 Å². The predicted molar refractivity (Wildman–Crippen MR) is 104 cm³/mol. The van der Waals surface area contributed by atoms with Crippen LogP contribution >= 0.6 is 0 Å². The third-order valence-corrected chi connectivity index (χ3v) is 4.11. The van der Waals surface area contributed by atoms with E-state index in [1.807, 2.05) is 48.5 Å². The van der Waals surface area contributed by atoms with Crippen molar-refractivity contribution in [2.24, 2.45) is 0 Å². The molecule has 4 rings (SSSR count). The standard InChI is InChI=1S/C21H20N4O2/c1-14-22-18(13-20(23-14)24-15-11-12-15)21(26)25-17-9-5-6-10-19(17)27-16-7-3-2-4-8-16/h2-10,13,15H,11-12H2,1H3,(H,25,26)(H,22,23,24). The van der Waals surface area contributed by atoms with Crippen molar-refractivity contribution >= 4 is 17.4 Å². The van der Waals surface area contributed by atoms with Gasteiger partial charge in [0.25, 0.3) is 5.91 Å². The van der Waals surface area contributed by atoms with Gasteiger partial charge in [0.05, 0.1) is 5.69 Å². The Labute approximate surface area is 157 Å². The molecule has 3 aromatic rings. The van der Waals surface area contributed by atoms with Gasteiger partial charge in [0.1, 0.15) is 23.1 Å². The zero-order chi connectivity index (χ0) is 18.6. The minimum Gasteiger partial charge on any atom is -0.455 e. The van der Waals surface area contributed by atoms with Gasteiger partial charge in [0, 0.05) is 12.1 Å². The maximum absolute atomic E-state index is 12.7. The Morgan fingerprint density at radius 2 is 1.78 bits per heavy atom. The van der Waals surface area contributed by atoms with Crippen LogP contribution in [0.2, 0.25) is 0 Å². The van der Waals surface area contributed by atoms with Crippen LogP contribution in [0, 0.1) is 6.92 Å². The first-order valence-corrected chi connectivity index (χ1v) is 8.93. The summed E-state index contributed by atoms with van der Waals surface area (Å²) in [5.74, 6) is 2.21. The first-order valence-electron chi connectivity index (χ1n) is 8.93. The van der Waals surface area contributed by atoms with Gasteiger partial charge < -0.3 is 15.4 Å². The second kappa shape index (κ2) is 7.45. The largest absolute Gasteiger partial charge is 0.455 e. The Morgan fingerprint density at radius 1 is 1.04 bits per heavy atom. The van der Waals surface area contributed by atoms with Crippen molar-refractivity contribution < 1.29 is 9.53 Å². The van der Waals surface area contributed by atoms with Gasteiger partial charge in [-0.15, -0.1) is 0 Å². The van der Waals surface area contributed by atoms with Gasteiger partial charge in [-0.05, 0) is 44.0 Å². The number of carbonyl (C=O) groups is 1. The second-order valence-corrected chi connectivity index (χ2v) is 6.47. The Hall–Kier alpha value is -3.41. The fraction of sp³-hybridized carbons (Fsp3) is 0.190. The van der Waals surface area contributed by atoms with Crippen molar-refractivity contribution in [2.75, 3.05) is 10.6 Å². The number of carbonyl (C=O) groups excluding carboxylic acids is 1. The SMILES string of the molecule is Cc1nc(NC2CC2)cc(C(=O)Nc2ccccc2Oc2ccccc2)n1. The molecule has 0 saturated heterocycles. The summed E-state index contributed by atoms with van der Waals surface area (Å²) in [5.41, 5.74) is 0.902. The van der Waals surface area contributed by atoms with Crippen LogP contribution in [0.25, 0.3) is 0 Å². The molecular weight excluding hydrogens is 340 g/mol. The van der Waals surface area contributed by atoms with Gasteiger partial charge in [-0.3, -0.25) is 4.79 Å². The molecule has 1 amide bonds. The van der Waals surface area contributed by atoms with Gasteiger partial charge >= 0.3 is 0 Å². The molecule has 0 atom stereocenters. The van der Waals surface area contributed by atoms with Gasteiger partial charge in [-0.2, -0.15) is 0 Å². The Bertz CT molecular complexity index is 955. The minimum absolute atomic E-state index is 0.302. The van der Waals surface area contributed by atoms with Crippen LogP contribution in [-0.4, -0.2) is 21.9 Å². The van der Waals surface area contributed by atoms with Gasteiger partial charge in [-0.1, -0.05) is 30.3 Å². The number of ether oxygens (including phenoxy) is 1. The molecule has 2 N–H and O–H groups in total. The van der Waals surface area contributed by atoms with Crippen LogP contribution in [-0.2, 0) is 0 Å².